The number of ketones is 1. The average molecular weight is 300 g/mol. The second-order valence-electron chi connectivity index (χ2n) is 5.07. The monoisotopic (exact) mass is 300 g/mol. The summed E-state index contributed by atoms with van der Waals surface area (Å²) in [5.74, 6) is -0.504. The first-order valence-electron chi connectivity index (χ1n) is 6.62. The number of halogens is 3. The number of amides is 1. The van der Waals surface area contributed by atoms with Gasteiger partial charge in [-0.1, -0.05) is 0 Å². The Labute approximate surface area is 120 Å². The van der Waals surface area contributed by atoms with Gasteiger partial charge in [-0.25, -0.2) is 0 Å². The normalized spacial score (nSPS) is 16.9. The number of Topliss-reactive ketones (excluding diaryl/α,β-unsaturated/α-hetero) is 1. The molecule has 0 aromatic carbocycles. The number of carbonyl (C=O) groups excluding carboxylic acids is 2. The molecular formula is C14H15F3N2O2. The molecule has 4 nitrogen and oxygen atoms in total. The fraction of sp³-hybridized carbons (Fsp3) is 0.500. The lowest BCUT2D eigenvalue weighted by Crippen LogP contribution is -2.39. The molecule has 114 valence electrons. The van der Waals surface area contributed by atoms with Crippen molar-refractivity contribution >= 4 is 11.7 Å². The Morgan fingerprint density at radius 3 is 2.29 bits per heavy atom. The Bertz CT molecular complexity index is 532. The van der Waals surface area contributed by atoms with E-state index in [4.69, 9.17) is 0 Å². The van der Waals surface area contributed by atoms with Crippen LogP contribution in [0.2, 0.25) is 0 Å². The highest BCUT2D eigenvalue weighted by Gasteiger charge is 2.33. The van der Waals surface area contributed by atoms with Crippen molar-refractivity contribution in [2.24, 2.45) is 5.92 Å². The van der Waals surface area contributed by atoms with Crippen LogP contribution in [0.5, 0.6) is 0 Å². The van der Waals surface area contributed by atoms with Crippen LogP contribution in [0.25, 0.3) is 0 Å². The van der Waals surface area contributed by atoms with E-state index < -0.39 is 11.9 Å². The van der Waals surface area contributed by atoms with Crippen LogP contribution < -0.4 is 0 Å². The number of hydrogen-bond donors (Lipinski definition) is 0. The van der Waals surface area contributed by atoms with Gasteiger partial charge in [-0.05, 0) is 25.0 Å². The van der Waals surface area contributed by atoms with Crippen LogP contribution in [-0.2, 0) is 11.0 Å². The fourth-order valence-electron chi connectivity index (χ4n) is 2.40. The van der Waals surface area contributed by atoms with E-state index >= 15 is 0 Å². The SMILES string of the molecule is CC(=O)N1CCC(C(=O)c2ccc(C(F)(F)F)nc2)CC1. The summed E-state index contributed by atoms with van der Waals surface area (Å²) in [6, 6.07) is 1.98. The molecule has 0 unspecified atom stereocenters. The molecule has 0 N–H and O–H groups in total. The number of alkyl halides is 3. The molecule has 0 aliphatic carbocycles. The summed E-state index contributed by atoms with van der Waals surface area (Å²) in [5.41, 5.74) is -0.824. The molecule has 0 saturated carbocycles. The molecule has 0 bridgehead atoms. The summed E-state index contributed by atoms with van der Waals surface area (Å²) in [4.78, 5) is 28.4. The average Bonchev–Trinajstić information content (AvgIpc) is 2.46. The van der Waals surface area contributed by atoms with Gasteiger partial charge in [0.05, 0.1) is 0 Å². The number of aromatic nitrogens is 1. The van der Waals surface area contributed by atoms with Crippen LogP contribution in [0.4, 0.5) is 13.2 Å². The van der Waals surface area contributed by atoms with Gasteiger partial charge in [0.1, 0.15) is 5.69 Å². The molecule has 1 aromatic heterocycles. The maximum absolute atomic E-state index is 12.4. The van der Waals surface area contributed by atoms with Crippen LogP contribution >= 0.6 is 0 Å². The highest BCUT2D eigenvalue weighted by atomic mass is 19.4. The van der Waals surface area contributed by atoms with Crippen molar-refractivity contribution in [1.29, 1.82) is 0 Å². The van der Waals surface area contributed by atoms with Gasteiger partial charge in [-0.3, -0.25) is 14.6 Å². The maximum Gasteiger partial charge on any atom is 0.433 e. The van der Waals surface area contributed by atoms with Gasteiger partial charge in [0.2, 0.25) is 5.91 Å². The van der Waals surface area contributed by atoms with E-state index in [0.717, 1.165) is 18.3 Å². The molecular weight excluding hydrogens is 285 g/mol. The van der Waals surface area contributed by atoms with E-state index in [9.17, 15) is 22.8 Å². The van der Waals surface area contributed by atoms with Crippen molar-refractivity contribution in [3.05, 3.63) is 29.6 Å². The van der Waals surface area contributed by atoms with Gasteiger partial charge < -0.3 is 4.90 Å². The predicted molar refractivity (Wildman–Crippen MR) is 68.5 cm³/mol. The molecule has 1 saturated heterocycles. The summed E-state index contributed by atoms with van der Waals surface area (Å²) in [6.07, 6.45) is -2.48. The fourth-order valence-corrected chi connectivity index (χ4v) is 2.40. The Balaban J connectivity index is 2.03. The van der Waals surface area contributed by atoms with Crippen LogP contribution in [0.15, 0.2) is 18.3 Å². The van der Waals surface area contributed by atoms with Gasteiger partial charge in [0.15, 0.2) is 5.78 Å². The highest BCUT2D eigenvalue weighted by Crippen LogP contribution is 2.28. The first kappa shape index (κ1) is 15.5. The van der Waals surface area contributed by atoms with Crippen molar-refractivity contribution < 1.29 is 22.8 Å². The summed E-state index contributed by atoms with van der Waals surface area (Å²) in [7, 11) is 0. The number of pyridine rings is 1. The first-order chi connectivity index (χ1) is 9.79. The van der Waals surface area contributed by atoms with Gasteiger partial charge >= 0.3 is 6.18 Å². The van der Waals surface area contributed by atoms with Gasteiger partial charge in [0.25, 0.3) is 0 Å². The number of carbonyl (C=O) groups is 2. The molecule has 0 atom stereocenters. The van der Waals surface area contributed by atoms with Crippen LogP contribution in [0.3, 0.4) is 0 Å². The molecule has 2 rings (SSSR count). The minimum atomic E-state index is -4.51. The van der Waals surface area contributed by atoms with E-state index in [1.165, 1.54) is 6.92 Å². The summed E-state index contributed by atoms with van der Waals surface area (Å²) in [5, 5.41) is 0. The molecule has 0 radical (unpaired) electrons. The lowest BCUT2D eigenvalue weighted by atomic mass is 9.89. The van der Waals surface area contributed by atoms with E-state index in [-0.39, 0.29) is 23.2 Å². The zero-order valence-electron chi connectivity index (χ0n) is 11.5. The van der Waals surface area contributed by atoms with Crippen LogP contribution in [0, 0.1) is 5.92 Å². The number of rotatable bonds is 2. The highest BCUT2D eigenvalue weighted by molar-refractivity contribution is 5.97. The third kappa shape index (κ3) is 3.59. The molecule has 1 aromatic rings. The third-order valence-corrected chi connectivity index (χ3v) is 3.65. The largest absolute Gasteiger partial charge is 0.433 e. The topological polar surface area (TPSA) is 50.3 Å². The van der Waals surface area contributed by atoms with Gasteiger partial charge in [-0.2, -0.15) is 13.2 Å². The minimum Gasteiger partial charge on any atom is -0.343 e. The number of hydrogen-bond acceptors (Lipinski definition) is 3. The molecule has 7 heteroatoms. The van der Waals surface area contributed by atoms with Crippen molar-refractivity contribution in [2.45, 2.75) is 25.9 Å². The van der Waals surface area contributed by atoms with E-state index in [2.05, 4.69) is 4.98 Å². The minimum absolute atomic E-state index is 0.0305. The standard InChI is InChI=1S/C14H15F3N2O2/c1-9(20)19-6-4-10(5-7-19)13(21)11-2-3-12(18-8-11)14(15,16)17/h2-3,8,10H,4-7H2,1H3. The van der Waals surface area contributed by atoms with Gasteiger partial charge in [-0.15, -0.1) is 0 Å². The quantitative estimate of drug-likeness (QED) is 0.789. The van der Waals surface area contributed by atoms with Crippen molar-refractivity contribution in [2.75, 3.05) is 13.1 Å². The second kappa shape index (κ2) is 5.83. The first-order valence-corrected chi connectivity index (χ1v) is 6.62. The van der Waals surface area contributed by atoms with Crippen LogP contribution in [0.1, 0.15) is 35.8 Å². The van der Waals surface area contributed by atoms with Crippen molar-refractivity contribution in [1.82, 2.24) is 9.88 Å². The zero-order chi connectivity index (χ0) is 15.6. The second-order valence-corrected chi connectivity index (χ2v) is 5.07. The smallest absolute Gasteiger partial charge is 0.343 e. The Hall–Kier alpha value is -1.92. The van der Waals surface area contributed by atoms with E-state index in [1.54, 1.807) is 4.90 Å². The number of piperidine rings is 1. The van der Waals surface area contributed by atoms with Crippen LogP contribution in [-0.4, -0.2) is 34.7 Å². The van der Waals surface area contributed by atoms with E-state index in [0.29, 0.717) is 25.9 Å². The Kier molecular flexibility index (Phi) is 4.29. The van der Waals surface area contributed by atoms with Crippen molar-refractivity contribution in [3.63, 3.8) is 0 Å². The van der Waals surface area contributed by atoms with E-state index in [1.807, 2.05) is 0 Å². The molecule has 2 heterocycles. The summed E-state index contributed by atoms with van der Waals surface area (Å²) < 4.78 is 37.2. The molecule has 1 aliphatic rings. The van der Waals surface area contributed by atoms with Crippen molar-refractivity contribution in [3.8, 4) is 0 Å². The molecule has 1 amide bonds. The summed E-state index contributed by atoms with van der Waals surface area (Å²) in [6.45, 7) is 2.47. The summed E-state index contributed by atoms with van der Waals surface area (Å²) >= 11 is 0. The molecule has 0 spiro atoms. The Morgan fingerprint density at radius 2 is 1.86 bits per heavy atom. The lowest BCUT2D eigenvalue weighted by Gasteiger charge is -2.30. The molecule has 1 fully saturated rings. The third-order valence-electron chi connectivity index (χ3n) is 3.65. The Morgan fingerprint density at radius 1 is 1.24 bits per heavy atom. The zero-order valence-corrected chi connectivity index (χ0v) is 11.5. The molecule has 1 aliphatic heterocycles. The molecule has 21 heavy (non-hydrogen) atoms. The van der Waals surface area contributed by atoms with Gasteiger partial charge in [0, 0.05) is 37.7 Å². The number of nitrogens with zero attached hydrogens (tertiary/aromatic N) is 2. The maximum atomic E-state index is 12.4. The predicted octanol–water partition coefficient (Wildman–Crippen LogP) is 2.54. The lowest BCUT2D eigenvalue weighted by molar-refractivity contribution is -0.141. The number of likely N-dealkylation sites (tertiary alicyclic amines) is 1.